The zero-order chi connectivity index (χ0) is 31.5. The van der Waals surface area contributed by atoms with Crippen LogP contribution in [0.4, 0.5) is 9.59 Å². The fourth-order valence-electron chi connectivity index (χ4n) is 1.91. The lowest BCUT2D eigenvalue weighted by atomic mass is 10.8. The largest absolute Gasteiger partial charge is 0.449 e. The van der Waals surface area contributed by atoms with Gasteiger partial charge in [0.15, 0.2) is 0 Å². The lowest BCUT2D eigenvalue weighted by molar-refractivity contribution is -0.210. The topological polar surface area (TPSA) is 168 Å². The number of hydrogen-bond acceptors (Lipinski definition) is 19. The fraction of sp³-hybridized carbons (Fsp3) is 0.810. The molecule has 0 saturated heterocycles. The minimum Gasteiger partial charge on any atom is -0.449 e. The molecule has 0 aromatic rings. The summed E-state index contributed by atoms with van der Waals surface area (Å²) in [5.41, 5.74) is 1.47. The predicted molar refractivity (Wildman–Crippen MR) is 201 cm³/mol. The Kier molecular flexibility index (Phi) is 38.4. The Bertz CT molecular complexity index is 750. The lowest BCUT2D eigenvalue weighted by Crippen LogP contribution is -2.24. The third kappa shape index (κ3) is 37.4. The van der Waals surface area contributed by atoms with E-state index in [-0.39, 0.29) is 18.5 Å². The molecule has 0 aromatic heterocycles. The number of aliphatic hydroxyl groups excluding tert-OH is 2. The first kappa shape index (κ1) is 44.1. The van der Waals surface area contributed by atoms with Gasteiger partial charge >= 0.3 is 6.09 Å². The number of carbonyl (C=O) groups excluding carboxylic acids is 2. The molecule has 0 fully saturated rings. The van der Waals surface area contributed by atoms with Gasteiger partial charge < -0.3 is 30.5 Å². The number of amides is 2. The smallest absolute Gasteiger partial charge is 0.407 e. The third-order valence-electron chi connectivity index (χ3n) is 3.56. The van der Waals surface area contributed by atoms with Gasteiger partial charge in [0.1, 0.15) is 13.2 Å². The van der Waals surface area contributed by atoms with Gasteiger partial charge in [-0.05, 0) is 0 Å². The number of aliphatic imine (C=N–C) groups is 2. The molecule has 1 unspecified atom stereocenters. The van der Waals surface area contributed by atoms with E-state index in [2.05, 4.69) is 20.6 Å². The molecular weight excluding hydrogens is 757 g/mol. The van der Waals surface area contributed by atoms with Gasteiger partial charge in [-0.25, -0.2) is 9.79 Å². The Balaban J connectivity index is 3.42. The number of rotatable bonds is 31. The highest BCUT2D eigenvalue weighted by atomic mass is 32.3. The Labute approximate surface area is 295 Å². The molecule has 43 heavy (non-hydrogen) atoms. The zero-order valence-corrected chi connectivity index (χ0v) is 31.7. The Morgan fingerprint density at radius 3 is 2.12 bits per heavy atom. The summed E-state index contributed by atoms with van der Waals surface area (Å²) in [7, 11) is -1.14. The number of thioether (sulfide) groups is 9. The summed E-state index contributed by atoms with van der Waals surface area (Å²) < 4.78 is 17.0. The molecule has 0 spiro atoms. The molecule has 22 heteroatoms. The van der Waals surface area contributed by atoms with E-state index in [4.69, 9.17) is 24.7 Å². The molecule has 1 atom stereocenters. The Morgan fingerprint density at radius 2 is 1.40 bits per heavy atom. The summed E-state index contributed by atoms with van der Waals surface area (Å²) in [6.45, 7) is 1.03. The molecule has 0 aromatic carbocycles. The third-order valence-corrected chi connectivity index (χ3v) is 14.3. The van der Waals surface area contributed by atoms with Gasteiger partial charge in [0.2, 0.25) is 6.40 Å². The van der Waals surface area contributed by atoms with Crippen molar-refractivity contribution in [1.82, 2.24) is 10.6 Å². The van der Waals surface area contributed by atoms with E-state index < -0.39 is 16.9 Å². The second-order valence-corrected chi connectivity index (χ2v) is 19.2. The average Bonchev–Trinajstić information content (AvgIpc) is 3.00. The van der Waals surface area contributed by atoms with Crippen molar-refractivity contribution in [2.45, 2.75) is 0 Å². The molecule has 0 saturated carbocycles. The highest BCUT2D eigenvalue weighted by Gasteiger charge is 2.03. The number of nitrogens with one attached hydrogen (secondary N) is 2. The van der Waals surface area contributed by atoms with Gasteiger partial charge in [0, 0.05) is 43.4 Å². The summed E-state index contributed by atoms with van der Waals surface area (Å²) in [6.07, 6.45) is 0.817. The van der Waals surface area contributed by atoms with Crippen molar-refractivity contribution in [3.8, 4) is 0 Å². The average molecular weight is 797 g/mol. The number of aliphatic hydroxyl groups is 2. The van der Waals surface area contributed by atoms with Crippen molar-refractivity contribution in [3.05, 3.63) is 0 Å². The SMILES string of the molecule is O=C(NCSCSCN=CS(=O)CSCSCSC(=O)NCSCSCN=COOCCSCCO)OCCSCCO. The van der Waals surface area contributed by atoms with Gasteiger partial charge in [-0.1, -0.05) is 11.8 Å². The second kappa shape index (κ2) is 37.5. The molecule has 4 N–H and O–H groups in total. The van der Waals surface area contributed by atoms with Crippen molar-refractivity contribution >= 4 is 140 Å². The summed E-state index contributed by atoms with van der Waals surface area (Å²) in [4.78, 5) is 41.3. The molecule has 0 aliphatic rings. The van der Waals surface area contributed by atoms with Gasteiger partial charge in [-0.15, -0.1) is 70.6 Å². The monoisotopic (exact) mass is 796 g/mol. The fourth-order valence-corrected chi connectivity index (χ4v) is 10.5. The van der Waals surface area contributed by atoms with Crippen LogP contribution in [0.2, 0.25) is 0 Å². The van der Waals surface area contributed by atoms with E-state index >= 15 is 0 Å². The van der Waals surface area contributed by atoms with Crippen LogP contribution in [0.25, 0.3) is 0 Å². The van der Waals surface area contributed by atoms with Crippen LogP contribution in [0.15, 0.2) is 9.98 Å². The van der Waals surface area contributed by atoms with E-state index in [0.29, 0.717) is 64.1 Å². The first-order chi connectivity index (χ1) is 21.1. The minimum atomic E-state index is -1.14. The van der Waals surface area contributed by atoms with E-state index in [1.54, 1.807) is 70.6 Å². The Hall–Kier alpha value is 1.06. The second-order valence-electron chi connectivity index (χ2n) is 6.83. The van der Waals surface area contributed by atoms with E-state index in [9.17, 15) is 13.8 Å². The van der Waals surface area contributed by atoms with Gasteiger partial charge in [0.05, 0.1) is 58.2 Å². The van der Waals surface area contributed by atoms with Crippen molar-refractivity contribution in [2.24, 2.45) is 9.98 Å². The van der Waals surface area contributed by atoms with Crippen molar-refractivity contribution in [3.63, 3.8) is 0 Å². The summed E-state index contributed by atoms with van der Waals surface area (Å²) in [5, 5.41) is 26.1. The van der Waals surface area contributed by atoms with Crippen LogP contribution in [0.5, 0.6) is 0 Å². The van der Waals surface area contributed by atoms with E-state index in [1.165, 1.54) is 47.2 Å². The number of carbonyl (C=O) groups is 2. The zero-order valence-electron chi connectivity index (χ0n) is 23.5. The summed E-state index contributed by atoms with van der Waals surface area (Å²) in [6, 6.07) is 0. The summed E-state index contributed by atoms with van der Waals surface area (Å²) in [5.74, 6) is 4.73. The van der Waals surface area contributed by atoms with Crippen LogP contribution < -0.4 is 10.6 Å². The van der Waals surface area contributed by atoms with Crippen molar-refractivity contribution < 1.29 is 38.5 Å². The molecular formula is C21H40N4O8S10. The molecule has 2 amide bonds. The predicted octanol–water partition coefficient (Wildman–Crippen LogP) is 4.38. The maximum absolute atomic E-state index is 12.0. The number of nitrogens with zero attached hydrogens (tertiary/aromatic N) is 2. The standard InChI is InChI=1S/C21H40N4O8S10/c26-1-5-34-7-3-31-20(28)24-12-38-16-37-11-23-14-43(30)19-41-17-40-18-42-21(29)25-13-39-15-36-10-22-9-33-32-4-8-35-6-2-27/h9,14,26-27H,1-8,10-13,15-19H2,(H,24,28)(H,25,29). The molecule has 0 heterocycles. The minimum absolute atomic E-state index is 0.0673. The number of ether oxygens (including phenoxy) is 1. The van der Waals surface area contributed by atoms with Crippen molar-refractivity contribution in [2.75, 3.05) is 98.4 Å². The van der Waals surface area contributed by atoms with Crippen LogP contribution in [0.3, 0.4) is 0 Å². The van der Waals surface area contributed by atoms with Crippen molar-refractivity contribution in [1.29, 1.82) is 0 Å². The van der Waals surface area contributed by atoms with Crippen LogP contribution in [0.1, 0.15) is 0 Å². The molecule has 0 rings (SSSR count). The van der Waals surface area contributed by atoms with Crippen LogP contribution in [0, 0.1) is 0 Å². The molecule has 12 nitrogen and oxygen atoms in total. The van der Waals surface area contributed by atoms with Gasteiger partial charge in [-0.2, -0.15) is 28.4 Å². The molecule has 0 radical (unpaired) electrons. The van der Waals surface area contributed by atoms with E-state index in [0.717, 1.165) is 21.0 Å². The van der Waals surface area contributed by atoms with Crippen LogP contribution in [-0.4, -0.2) is 136 Å². The van der Waals surface area contributed by atoms with Gasteiger partial charge in [-0.3, -0.25) is 14.0 Å². The Morgan fingerprint density at radius 1 is 0.744 bits per heavy atom. The van der Waals surface area contributed by atoms with Crippen LogP contribution in [-0.2, 0) is 25.3 Å². The molecule has 0 aliphatic carbocycles. The number of hydrogen-bond donors (Lipinski definition) is 4. The molecule has 252 valence electrons. The van der Waals surface area contributed by atoms with E-state index in [1.807, 2.05) is 0 Å². The highest BCUT2D eigenvalue weighted by Crippen LogP contribution is 2.19. The first-order valence-electron chi connectivity index (χ1n) is 12.4. The maximum atomic E-state index is 12.0. The normalized spacial score (nSPS) is 12.1. The highest BCUT2D eigenvalue weighted by molar-refractivity contribution is 8.28. The van der Waals surface area contributed by atoms with Gasteiger partial charge in [0.25, 0.3) is 5.24 Å². The molecule has 0 aliphatic heterocycles. The number of alkyl carbamates (subject to hydrolysis) is 1. The summed E-state index contributed by atoms with van der Waals surface area (Å²) >= 11 is 13.8. The first-order valence-corrected chi connectivity index (χ1v) is 24.0. The van der Waals surface area contributed by atoms with Crippen LogP contribution >= 0.6 is 106 Å². The lowest BCUT2D eigenvalue weighted by Gasteiger charge is -2.06. The molecule has 0 bridgehead atoms. The maximum Gasteiger partial charge on any atom is 0.407 e. The quantitative estimate of drug-likeness (QED) is 0.0195.